The molecule has 1 heterocycles. The summed E-state index contributed by atoms with van der Waals surface area (Å²) in [6.07, 6.45) is 0. The summed E-state index contributed by atoms with van der Waals surface area (Å²) in [6.45, 7) is 3.48. The van der Waals surface area contributed by atoms with Gasteiger partial charge in [-0.1, -0.05) is 53.7 Å². The fourth-order valence-electron chi connectivity index (χ4n) is 2.61. The van der Waals surface area contributed by atoms with Gasteiger partial charge in [-0.05, 0) is 31.5 Å². The Hall–Kier alpha value is -2.60. The number of hydrogen-bond donors (Lipinski definition) is 0. The van der Waals surface area contributed by atoms with Crippen molar-refractivity contribution >= 4 is 15.7 Å². The first-order chi connectivity index (χ1) is 11.5. The molecule has 1 aromatic heterocycles. The van der Waals surface area contributed by atoms with Crippen LogP contribution in [0.25, 0.3) is 0 Å². The van der Waals surface area contributed by atoms with Crippen molar-refractivity contribution in [1.82, 2.24) is 5.16 Å². The normalized spacial score (nSPS) is 11.4. The molecule has 3 aromatic rings. The predicted octanol–water partition coefficient (Wildman–Crippen LogP) is 3.69. The van der Waals surface area contributed by atoms with Crippen LogP contribution < -0.4 is 4.31 Å². The summed E-state index contributed by atoms with van der Waals surface area (Å²) in [5.41, 5.74) is 1.86. The van der Waals surface area contributed by atoms with E-state index in [9.17, 15) is 8.42 Å². The minimum Gasteiger partial charge on any atom is -0.360 e. The molecule has 2 aromatic carbocycles. The highest BCUT2D eigenvalue weighted by molar-refractivity contribution is 7.92. The molecule has 0 spiro atoms. The van der Waals surface area contributed by atoms with Crippen LogP contribution in [0.3, 0.4) is 0 Å². The molecule has 0 N–H and O–H groups in total. The Kier molecular flexibility index (Phi) is 4.40. The second-order valence-electron chi connectivity index (χ2n) is 5.49. The molecule has 0 aliphatic rings. The number of rotatable bonds is 5. The van der Waals surface area contributed by atoms with E-state index in [1.54, 1.807) is 26.0 Å². The van der Waals surface area contributed by atoms with E-state index in [0.29, 0.717) is 17.1 Å². The molecule has 0 bridgehead atoms. The highest BCUT2D eigenvalue weighted by Crippen LogP contribution is 2.29. The van der Waals surface area contributed by atoms with E-state index < -0.39 is 10.0 Å². The zero-order valence-electron chi connectivity index (χ0n) is 13.5. The van der Waals surface area contributed by atoms with Crippen molar-refractivity contribution in [3.8, 4) is 0 Å². The van der Waals surface area contributed by atoms with Gasteiger partial charge in [0.25, 0.3) is 10.0 Å². The van der Waals surface area contributed by atoms with Crippen LogP contribution in [0.2, 0.25) is 0 Å². The maximum absolute atomic E-state index is 13.3. The number of aryl methyl sites for hydroxylation is 2. The summed E-state index contributed by atoms with van der Waals surface area (Å²) >= 11 is 0. The van der Waals surface area contributed by atoms with Crippen LogP contribution in [0.1, 0.15) is 17.0 Å². The van der Waals surface area contributed by atoms with Crippen LogP contribution in [0.5, 0.6) is 0 Å². The zero-order chi connectivity index (χ0) is 17.2. The van der Waals surface area contributed by atoms with Gasteiger partial charge in [0.2, 0.25) is 0 Å². The number of benzene rings is 2. The van der Waals surface area contributed by atoms with Crippen LogP contribution in [-0.4, -0.2) is 13.6 Å². The number of nitrogens with zero attached hydrogens (tertiary/aromatic N) is 2. The summed E-state index contributed by atoms with van der Waals surface area (Å²) in [5, 5.41) is 3.78. The molecule has 0 atom stereocenters. The lowest BCUT2D eigenvalue weighted by Gasteiger charge is -2.24. The van der Waals surface area contributed by atoms with Gasteiger partial charge in [-0.25, -0.2) is 8.42 Å². The molecule has 0 radical (unpaired) electrons. The van der Waals surface area contributed by atoms with Crippen LogP contribution in [0.15, 0.2) is 70.1 Å². The lowest BCUT2D eigenvalue weighted by Crippen LogP contribution is -2.31. The van der Waals surface area contributed by atoms with Crippen LogP contribution in [-0.2, 0) is 16.6 Å². The monoisotopic (exact) mass is 342 g/mol. The van der Waals surface area contributed by atoms with E-state index in [0.717, 1.165) is 5.56 Å². The number of hydrogen-bond acceptors (Lipinski definition) is 4. The van der Waals surface area contributed by atoms with Gasteiger partial charge in [0.1, 0.15) is 5.69 Å². The SMILES string of the molecule is Cc1noc(C)c1S(=O)(=O)N(Cc1ccccc1)c1ccccc1. The molecule has 0 aliphatic carbocycles. The van der Waals surface area contributed by atoms with E-state index in [2.05, 4.69) is 5.16 Å². The van der Waals surface area contributed by atoms with Gasteiger partial charge in [0.15, 0.2) is 10.7 Å². The fraction of sp³-hybridized carbons (Fsp3) is 0.167. The van der Waals surface area contributed by atoms with Gasteiger partial charge in [-0.2, -0.15) is 0 Å². The van der Waals surface area contributed by atoms with Gasteiger partial charge in [0, 0.05) is 0 Å². The molecule has 0 amide bonds. The first-order valence-electron chi connectivity index (χ1n) is 7.55. The third-order valence-electron chi connectivity index (χ3n) is 3.73. The summed E-state index contributed by atoms with van der Waals surface area (Å²) in [4.78, 5) is 0.127. The first-order valence-corrected chi connectivity index (χ1v) is 8.99. The molecule has 5 nitrogen and oxygen atoms in total. The van der Waals surface area contributed by atoms with Crippen molar-refractivity contribution in [2.75, 3.05) is 4.31 Å². The van der Waals surface area contributed by atoms with Gasteiger partial charge in [-0.3, -0.25) is 4.31 Å². The Morgan fingerprint density at radius 2 is 1.54 bits per heavy atom. The molecule has 0 unspecified atom stereocenters. The summed E-state index contributed by atoms with van der Waals surface area (Å²) < 4.78 is 33.0. The Balaban J connectivity index is 2.11. The highest BCUT2D eigenvalue weighted by Gasteiger charge is 2.31. The Bertz CT molecular complexity index is 900. The molecule has 24 heavy (non-hydrogen) atoms. The smallest absolute Gasteiger partial charge is 0.270 e. The quantitative estimate of drug-likeness (QED) is 0.709. The first kappa shape index (κ1) is 16.3. The molecule has 0 saturated heterocycles. The van der Waals surface area contributed by atoms with Gasteiger partial charge in [-0.15, -0.1) is 0 Å². The standard InChI is InChI=1S/C18H18N2O3S/c1-14-18(15(2)23-19-14)24(21,22)20(17-11-7-4-8-12-17)13-16-9-5-3-6-10-16/h3-12H,13H2,1-2H3. The van der Waals surface area contributed by atoms with E-state index in [1.165, 1.54) is 4.31 Å². The van der Waals surface area contributed by atoms with Gasteiger partial charge >= 0.3 is 0 Å². The fourth-order valence-corrected chi connectivity index (χ4v) is 4.36. The van der Waals surface area contributed by atoms with E-state index in [4.69, 9.17) is 4.52 Å². The molecule has 0 aliphatic heterocycles. The summed E-state index contributed by atoms with van der Waals surface area (Å²) in [5.74, 6) is 0.293. The molecule has 6 heteroatoms. The number of anilines is 1. The second kappa shape index (κ2) is 6.49. The van der Waals surface area contributed by atoms with Crippen molar-refractivity contribution < 1.29 is 12.9 Å². The molecular formula is C18H18N2O3S. The van der Waals surface area contributed by atoms with Crippen LogP contribution in [0, 0.1) is 13.8 Å². The predicted molar refractivity (Wildman–Crippen MR) is 92.2 cm³/mol. The Labute approximate surface area is 141 Å². The maximum atomic E-state index is 13.3. The molecule has 0 saturated carbocycles. The largest absolute Gasteiger partial charge is 0.360 e. The minimum atomic E-state index is -3.79. The van der Waals surface area contributed by atoms with Crippen molar-refractivity contribution in [1.29, 1.82) is 0 Å². The maximum Gasteiger partial charge on any atom is 0.270 e. The number of sulfonamides is 1. The average Bonchev–Trinajstić information content (AvgIpc) is 2.93. The van der Waals surface area contributed by atoms with Crippen LogP contribution >= 0.6 is 0 Å². The second-order valence-corrected chi connectivity index (χ2v) is 7.29. The van der Waals surface area contributed by atoms with Crippen molar-refractivity contribution in [3.05, 3.63) is 77.7 Å². The Morgan fingerprint density at radius 3 is 2.08 bits per heavy atom. The number of aromatic nitrogens is 1. The number of para-hydroxylation sites is 1. The minimum absolute atomic E-state index is 0.127. The molecule has 124 valence electrons. The van der Waals surface area contributed by atoms with Crippen LogP contribution in [0.4, 0.5) is 5.69 Å². The van der Waals surface area contributed by atoms with E-state index in [1.807, 2.05) is 48.5 Å². The molecule has 3 rings (SSSR count). The van der Waals surface area contributed by atoms with Crippen molar-refractivity contribution in [3.63, 3.8) is 0 Å². The average molecular weight is 342 g/mol. The van der Waals surface area contributed by atoms with E-state index >= 15 is 0 Å². The summed E-state index contributed by atoms with van der Waals surface area (Å²) in [6, 6.07) is 18.5. The lowest BCUT2D eigenvalue weighted by atomic mass is 10.2. The topological polar surface area (TPSA) is 63.4 Å². The lowest BCUT2D eigenvalue weighted by molar-refractivity contribution is 0.390. The van der Waals surface area contributed by atoms with Crippen molar-refractivity contribution in [2.45, 2.75) is 25.3 Å². The molecule has 0 fully saturated rings. The summed E-state index contributed by atoms with van der Waals surface area (Å²) in [7, 11) is -3.79. The van der Waals surface area contributed by atoms with Crippen molar-refractivity contribution in [2.24, 2.45) is 0 Å². The van der Waals surface area contributed by atoms with Gasteiger partial charge in [0.05, 0.1) is 12.2 Å². The van der Waals surface area contributed by atoms with Gasteiger partial charge < -0.3 is 4.52 Å². The third kappa shape index (κ3) is 3.05. The third-order valence-corrected chi connectivity index (χ3v) is 5.75. The zero-order valence-corrected chi connectivity index (χ0v) is 14.3. The highest BCUT2D eigenvalue weighted by atomic mass is 32.2. The molecular weight excluding hydrogens is 324 g/mol. The van der Waals surface area contributed by atoms with E-state index in [-0.39, 0.29) is 11.4 Å². The Morgan fingerprint density at radius 1 is 0.958 bits per heavy atom.